The van der Waals surface area contributed by atoms with Gasteiger partial charge in [0.15, 0.2) is 0 Å². The van der Waals surface area contributed by atoms with E-state index in [-0.39, 0.29) is 22.9 Å². The maximum Gasteiger partial charge on any atom is 0.262 e. The van der Waals surface area contributed by atoms with E-state index in [9.17, 15) is 9.90 Å². The summed E-state index contributed by atoms with van der Waals surface area (Å²) < 4.78 is 0. The van der Waals surface area contributed by atoms with Crippen LogP contribution in [-0.4, -0.2) is 28.2 Å². The molecule has 1 aromatic carbocycles. The maximum atomic E-state index is 12.3. The molecule has 1 atom stereocenters. The zero-order valence-electron chi connectivity index (χ0n) is 11.4. The van der Waals surface area contributed by atoms with Gasteiger partial charge in [-0.2, -0.15) is 4.98 Å². The van der Waals surface area contributed by atoms with Crippen LogP contribution in [-0.2, 0) is 0 Å². The molecule has 1 aliphatic rings. The van der Waals surface area contributed by atoms with Gasteiger partial charge in [0.2, 0.25) is 5.88 Å². The van der Waals surface area contributed by atoms with Gasteiger partial charge in [-0.3, -0.25) is 4.79 Å². The lowest BCUT2D eigenvalue weighted by atomic mass is 9.98. The topological polar surface area (TPSA) is 78.0 Å². The van der Waals surface area contributed by atoms with Gasteiger partial charge in [0.25, 0.3) is 5.56 Å². The molecule has 0 aliphatic carbocycles. The number of aromatic amines is 1. The van der Waals surface area contributed by atoms with E-state index in [1.165, 1.54) is 0 Å². The van der Waals surface area contributed by atoms with Gasteiger partial charge in [-0.25, -0.2) is 0 Å². The first kappa shape index (κ1) is 14.1. The van der Waals surface area contributed by atoms with E-state index in [1.807, 2.05) is 0 Å². The lowest BCUT2D eigenvalue weighted by molar-refractivity contribution is 0.421. The molecule has 0 bridgehead atoms. The van der Waals surface area contributed by atoms with Crippen LogP contribution < -0.4 is 10.9 Å². The van der Waals surface area contributed by atoms with Crippen LogP contribution >= 0.6 is 11.6 Å². The highest BCUT2D eigenvalue weighted by atomic mass is 35.5. The molecular weight excluding hydrogens is 290 g/mol. The van der Waals surface area contributed by atoms with E-state index >= 15 is 0 Å². The monoisotopic (exact) mass is 305 g/mol. The van der Waals surface area contributed by atoms with Crippen LogP contribution in [0.25, 0.3) is 11.1 Å². The summed E-state index contributed by atoms with van der Waals surface area (Å²) in [6, 6.07) is 6.73. The molecule has 2 aromatic rings. The summed E-state index contributed by atoms with van der Waals surface area (Å²) in [7, 11) is 0. The highest BCUT2D eigenvalue weighted by molar-refractivity contribution is 6.30. The van der Waals surface area contributed by atoms with Gasteiger partial charge in [0, 0.05) is 17.5 Å². The summed E-state index contributed by atoms with van der Waals surface area (Å²) in [4.78, 5) is 19.3. The molecule has 1 unspecified atom stereocenters. The Morgan fingerprint density at radius 3 is 2.67 bits per heavy atom. The van der Waals surface area contributed by atoms with E-state index in [1.54, 1.807) is 24.3 Å². The highest BCUT2D eigenvalue weighted by Gasteiger charge is 2.20. The number of aromatic hydroxyl groups is 1. The summed E-state index contributed by atoms with van der Waals surface area (Å²) >= 11 is 5.83. The normalized spacial score (nSPS) is 18.6. The maximum absolute atomic E-state index is 12.3. The Morgan fingerprint density at radius 2 is 2.05 bits per heavy atom. The third-order valence-electron chi connectivity index (χ3n) is 3.74. The molecule has 3 rings (SSSR count). The van der Waals surface area contributed by atoms with Crippen LogP contribution in [0.3, 0.4) is 0 Å². The van der Waals surface area contributed by atoms with Crippen LogP contribution in [0.5, 0.6) is 5.88 Å². The Balaban J connectivity index is 2.00. The van der Waals surface area contributed by atoms with Crippen LogP contribution in [0, 0.1) is 0 Å². The zero-order chi connectivity index (χ0) is 14.8. The SMILES string of the molecule is O=c1[nH]c(C2CCCNC2)nc(O)c1-c1ccc(Cl)cc1. The predicted molar refractivity (Wildman–Crippen MR) is 81.8 cm³/mol. The smallest absolute Gasteiger partial charge is 0.262 e. The molecule has 2 heterocycles. The number of benzene rings is 1. The third kappa shape index (κ3) is 2.94. The number of halogens is 1. The second-order valence-electron chi connectivity index (χ2n) is 5.20. The minimum Gasteiger partial charge on any atom is -0.493 e. The summed E-state index contributed by atoms with van der Waals surface area (Å²) in [5.74, 6) is 0.445. The van der Waals surface area contributed by atoms with Crippen molar-refractivity contribution in [2.75, 3.05) is 13.1 Å². The Kier molecular flexibility index (Phi) is 3.94. The number of H-pyrrole nitrogens is 1. The Bertz CT molecular complexity index is 691. The van der Waals surface area contributed by atoms with Crippen molar-refractivity contribution in [1.82, 2.24) is 15.3 Å². The van der Waals surface area contributed by atoms with E-state index < -0.39 is 0 Å². The van der Waals surface area contributed by atoms with Gasteiger partial charge in [-0.1, -0.05) is 23.7 Å². The lowest BCUT2D eigenvalue weighted by Crippen LogP contribution is -2.30. The molecule has 5 nitrogen and oxygen atoms in total. The molecule has 21 heavy (non-hydrogen) atoms. The fourth-order valence-electron chi connectivity index (χ4n) is 2.63. The van der Waals surface area contributed by atoms with Gasteiger partial charge in [0.1, 0.15) is 11.4 Å². The van der Waals surface area contributed by atoms with Gasteiger partial charge in [-0.15, -0.1) is 0 Å². The second-order valence-corrected chi connectivity index (χ2v) is 5.64. The first-order chi connectivity index (χ1) is 10.1. The third-order valence-corrected chi connectivity index (χ3v) is 3.99. The number of piperidine rings is 1. The highest BCUT2D eigenvalue weighted by Crippen LogP contribution is 2.27. The van der Waals surface area contributed by atoms with Crippen LogP contribution in [0.2, 0.25) is 5.02 Å². The van der Waals surface area contributed by atoms with Crippen molar-refractivity contribution in [2.24, 2.45) is 0 Å². The van der Waals surface area contributed by atoms with Crippen molar-refractivity contribution in [3.63, 3.8) is 0 Å². The molecule has 1 aromatic heterocycles. The van der Waals surface area contributed by atoms with Gasteiger partial charge >= 0.3 is 0 Å². The first-order valence-electron chi connectivity index (χ1n) is 6.95. The fraction of sp³-hybridized carbons (Fsp3) is 0.333. The van der Waals surface area contributed by atoms with Gasteiger partial charge < -0.3 is 15.4 Å². The second kappa shape index (κ2) is 5.87. The summed E-state index contributed by atoms with van der Waals surface area (Å²) in [6.45, 7) is 1.75. The predicted octanol–water partition coefficient (Wildman–Crippen LogP) is 2.26. The molecule has 0 spiro atoms. The molecule has 6 heteroatoms. The zero-order valence-corrected chi connectivity index (χ0v) is 12.2. The molecular formula is C15H16ClN3O2. The van der Waals surface area contributed by atoms with Crippen molar-refractivity contribution in [2.45, 2.75) is 18.8 Å². The van der Waals surface area contributed by atoms with Crippen molar-refractivity contribution in [3.8, 4) is 17.0 Å². The molecule has 110 valence electrons. The average Bonchev–Trinajstić information content (AvgIpc) is 2.49. The molecule has 1 fully saturated rings. The molecule has 3 N–H and O–H groups in total. The number of hydrogen-bond donors (Lipinski definition) is 3. The molecule has 1 aliphatic heterocycles. The quantitative estimate of drug-likeness (QED) is 0.795. The number of nitrogens with one attached hydrogen (secondary N) is 2. The largest absolute Gasteiger partial charge is 0.493 e. The van der Waals surface area contributed by atoms with Crippen LogP contribution in [0.4, 0.5) is 0 Å². The van der Waals surface area contributed by atoms with E-state index in [0.29, 0.717) is 16.4 Å². The minimum absolute atomic E-state index is 0.136. The average molecular weight is 306 g/mol. The standard InChI is InChI=1S/C15H16ClN3O2/c16-11-5-3-9(4-6-11)12-14(20)18-13(19-15(12)21)10-2-1-7-17-8-10/h3-6,10,17H,1-2,7-8H2,(H2,18,19,20,21). The van der Waals surface area contributed by atoms with Crippen molar-refractivity contribution >= 4 is 11.6 Å². The molecule has 0 saturated carbocycles. The first-order valence-corrected chi connectivity index (χ1v) is 7.33. The Hall–Kier alpha value is -1.85. The summed E-state index contributed by atoms with van der Waals surface area (Å²) in [6.07, 6.45) is 1.99. The van der Waals surface area contributed by atoms with Crippen molar-refractivity contribution < 1.29 is 5.11 Å². The summed E-state index contributed by atoms with van der Waals surface area (Å²) in [5, 5.41) is 14.0. The number of nitrogens with zero attached hydrogens (tertiary/aromatic N) is 1. The number of rotatable bonds is 2. The number of hydrogen-bond acceptors (Lipinski definition) is 4. The van der Waals surface area contributed by atoms with Gasteiger partial charge in [0.05, 0.1) is 0 Å². The van der Waals surface area contributed by atoms with Crippen molar-refractivity contribution in [3.05, 3.63) is 45.5 Å². The molecule has 0 amide bonds. The minimum atomic E-state index is -0.328. The Morgan fingerprint density at radius 1 is 1.29 bits per heavy atom. The Labute approximate surface area is 127 Å². The van der Waals surface area contributed by atoms with E-state index in [2.05, 4.69) is 15.3 Å². The molecule has 1 saturated heterocycles. The van der Waals surface area contributed by atoms with E-state index in [4.69, 9.17) is 11.6 Å². The van der Waals surface area contributed by atoms with Crippen LogP contribution in [0.1, 0.15) is 24.6 Å². The molecule has 0 radical (unpaired) electrons. The van der Waals surface area contributed by atoms with Crippen LogP contribution in [0.15, 0.2) is 29.1 Å². The number of aromatic nitrogens is 2. The van der Waals surface area contributed by atoms with Gasteiger partial charge in [-0.05, 0) is 37.1 Å². The fourth-order valence-corrected chi connectivity index (χ4v) is 2.76. The van der Waals surface area contributed by atoms with E-state index in [0.717, 1.165) is 25.9 Å². The lowest BCUT2D eigenvalue weighted by Gasteiger charge is -2.22. The summed E-state index contributed by atoms with van der Waals surface area (Å²) in [5.41, 5.74) is 0.448. The van der Waals surface area contributed by atoms with Crippen molar-refractivity contribution in [1.29, 1.82) is 0 Å².